The Morgan fingerprint density at radius 3 is 2.59 bits per heavy atom. The molecule has 1 aliphatic rings. The summed E-state index contributed by atoms with van der Waals surface area (Å²) in [7, 11) is -0.162. The predicted octanol–water partition coefficient (Wildman–Crippen LogP) is 1.90. The van der Waals surface area contributed by atoms with Crippen molar-refractivity contribution in [2.24, 2.45) is 0 Å². The first kappa shape index (κ1) is 21.6. The fraction of sp³-hybridized carbons (Fsp3) is 0.500. The largest absolute Gasteiger partial charge is 0.369 e. The molecule has 1 saturated heterocycles. The number of hydrogen-bond donors (Lipinski definition) is 0. The van der Waals surface area contributed by atoms with Crippen LogP contribution in [0.2, 0.25) is 0 Å². The van der Waals surface area contributed by atoms with Crippen LogP contribution in [0.15, 0.2) is 30.3 Å². The van der Waals surface area contributed by atoms with Crippen molar-refractivity contribution in [3.63, 3.8) is 0 Å². The second-order valence-electron chi connectivity index (χ2n) is 7.12. The van der Waals surface area contributed by atoms with Crippen LogP contribution in [0.4, 0.5) is 0 Å². The first-order valence-electron chi connectivity index (χ1n) is 9.77. The number of benzene rings is 1. The van der Waals surface area contributed by atoms with Crippen LogP contribution in [0.3, 0.4) is 0 Å². The van der Waals surface area contributed by atoms with Crippen LogP contribution < -0.4 is 0 Å². The number of aromatic nitrogens is 1. The molecule has 0 N–H and O–H groups in total. The van der Waals surface area contributed by atoms with Crippen molar-refractivity contribution in [3.8, 4) is 0 Å². The Morgan fingerprint density at radius 1 is 1.24 bits per heavy atom. The summed E-state index contributed by atoms with van der Waals surface area (Å²) in [5.41, 5.74) is 1.78. The van der Waals surface area contributed by atoms with Crippen LogP contribution in [0.5, 0.6) is 0 Å². The van der Waals surface area contributed by atoms with E-state index in [1.807, 2.05) is 38.1 Å². The average molecular weight is 421 g/mol. The first-order valence-corrected chi connectivity index (χ1v) is 11.2. The van der Waals surface area contributed by atoms with Crippen LogP contribution >= 0.6 is 0 Å². The molecule has 1 amide bonds. The van der Waals surface area contributed by atoms with Gasteiger partial charge in [-0.1, -0.05) is 32.0 Å². The monoisotopic (exact) mass is 420 g/mol. The number of amides is 1. The zero-order valence-electron chi connectivity index (χ0n) is 17.3. The van der Waals surface area contributed by atoms with Gasteiger partial charge < -0.3 is 9.64 Å². The summed E-state index contributed by atoms with van der Waals surface area (Å²) in [6.07, 6.45) is -0.535. The van der Waals surface area contributed by atoms with E-state index in [1.165, 1.54) is 13.5 Å². The SMILES string of the molecule is CCN(CC)S(=O)(=O)N1CCO[C@@H](c2cc(C(=O)N(C)C)c3ccccc3n2)C1. The van der Waals surface area contributed by atoms with E-state index in [0.717, 1.165) is 5.39 Å². The molecule has 2 heterocycles. The highest BCUT2D eigenvalue weighted by Gasteiger charge is 2.34. The third-order valence-corrected chi connectivity index (χ3v) is 7.24. The first-order chi connectivity index (χ1) is 13.8. The van der Waals surface area contributed by atoms with E-state index in [1.54, 1.807) is 20.2 Å². The van der Waals surface area contributed by atoms with Gasteiger partial charge in [-0.25, -0.2) is 4.98 Å². The van der Waals surface area contributed by atoms with Crippen molar-refractivity contribution < 1.29 is 17.9 Å². The Balaban J connectivity index is 1.99. The fourth-order valence-electron chi connectivity index (χ4n) is 3.51. The minimum atomic E-state index is -3.56. The zero-order valence-corrected chi connectivity index (χ0v) is 18.1. The number of nitrogens with zero attached hydrogens (tertiary/aromatic N) is 4. The lowest BCUT2D eigenvalue weighted by atomic mass is 10.0. The van der Waals surface area contributed by atoms with E-state index in [0.29, 0.717) is 36.4 Å². The van der Waals surface area contributed by atoms with Crippen molar-refractivity contribution in [3.05, 3.63) is 41.6 Å². The van der Waals surface area contributed by atoms with E-state index in [-0.39, 0.29) is 19.1 Å². The van der Waals surface area contributed by atoms with Crippen molar-refractivity contribution in [1.29, 1.82) is 0 Å². The third kappa shape index (κ3) is 4.28. The molecule has 3 rings (SSSR count). The lowest BCUT2D eigenvalue weighted by molar-refractivity contribution is -0.00645. The summed E-state index contributed by atoms with van der Waals surface area (Å²) in [6, 6.07) is 9.16. The summed E-state index contributed by atoms with van der Waals surface area (Å²) in [5, 5.41) is 0.762. The summed E-state index contributed by atoms with van der Waals surface area (Å²) in [4.78, 5) is 18.9. The Bertz CT molecular complexity index is 989. The van der Waals surface area contributed by atoms with Gasteiger partial charge in [-0.2, -0.15) is 17.0 Å². The van der Waals surface area contributed by atoms with E-state index in [4.69, 9.17) is 4.74 Å². The number of fused-ring (bicyclic) bond motifs is 1. The standard InChI is InChI=1S/C20H28N4O4S/c1-5-23(6-2)29(26,27)24-11-12-28-19(14-24)18-13-16(20(25)22(3)4)15-9-7-8-10-17(15)21-18/h7-10,13,19H,5-6,11-12,14H2,1-4H3/t19-/m1/s1. The molecular formula is C20H28N4O4S. The lowest BCUT2D eigenvalue weighted by Gasteiger charge is -2.35. The van der Waals surface area contributed by atoms with Crippen LogP contribution in [-0.4, -0.2) is 79.7 Å². The number of hydrogen-bond acceptors (Lipinski definition) is 5. The molecule has 0 unspecified atom stereocenters. The molecule has 29 heavy (non-hydrogen) atoms. The highest BCUT2D eigenvalue weighted by Crippen LogP contribution is 2.28. The molecule has 9 heteroatoms. The molecule has 1 fully saturated rings. The van der Waals surface area contributed by atoms with Gasteiger partial charge in [-0.15, -0.1) is 0 Å². The van der Waals surface area contributed by atoms with Crippen molar-refractivity contribution in [2.45, 2.75) is 20.0 Å². The summed E-state index contributed by atoms with van der Waals surface area (Å²) >= 11 is 0. The molecule has 1 aromatic carbocycles. The Hall–Kier alpha value is -2.07. The molecule has 2 aromatic rings. The van der Waals surface area contributed by atoms with Gasteiger partial charge in [0.2, 0.25) is 0 Å². The molecule has 0 spiro atoms. The number of ether oxygens (including phenoxy) is 1. The minimum absolute atomic E-state index is 0.131. The number of pyridine rings is 1. The number of carbonyl (C=O) groups is 1. The molecule has 0 bridgehead atoms. The Labute approximate surface area is 172 Å². The van der Waals surface area contributed by atoms with Gasteiger partial charge in [0.25, 0.3) is 16.1 Å². The lowest BCUT2D eigenvalue weighted by Crippen LogP contribution is -2.49. The molecule has 1 atom stereocenters. The second-order valence-corrected chi connectivity index (χ2v) is 9.05. The van der Waals surface area contributed by atoms with Crippen LogP contribution in [0, 0.1) is 0 Å². The molecule has 1 aliphatic heterocycles. The molecule has 0 saturated carbocycles. The normalized spacial score (nSPS) is 18.3. The second kappa shape index (κ2) is 8.74. The number of morpholine rings is 1. The number of para-hydroxylation sites is 1. The summed E-state index contributed by atoms with van der Waals surface area (Å²) in [5.74, 6) is -0.131. The van der Waals surface area contributed by atoms with Gasteiger partial charge in [0.1, 0.15) is 6.10 Å². The van der Waals surface area contributed by atoms with Gasteiger partial charge in [0, 0.05) is 45.7 Å². The van der Waals surface area contributed by atoms with E-state index in [2.05, 4.69) is 4.98 Å². The molecule has 8 nitrogen and oxygen atoms in total. The minimum Gasteiger partial charge on any atom is -0.369 e. The summed E-state index contributed by atoms with van der Waals surface area (Å²) in [6.45, 7) is 5.21. The molecule has 1 aromatic heterocycles. The van der Waals surface area contributed by atoms with Gasteiger partial charge in [-0.05, 0) is 12.1 Å². The smallest absolute Gasteiger partial charge is 0.282 e. The van der Waals surface area contributed by atoms with E-state index in [9.17, 15) is 13.2 Å². The highest BCUT2D eigenvalue weighted by molar-refractivity contribution is 7.86. The maximum atomic E-state index is 12.9. The third-order valence-electron chi connectivity index (χ3n) is 5.09. The van der Waals surface area contributed by atoms with Gasteiger partial charge in [0.05, 0.1) is 23.4 Å². The predicted molar refractivity (Wildman–Crippen MR) is 112 cm³/mol. The van der Waals surface area contributed by atoms with E-state index < -0.39 is 16.3 Å². The zero-order chi connectivity index (χ0) is 21.2. The van der Waals surface area contributed by atoms with Gasteiger partial charge in [0.15, 0.2) is 0 Å². The van der Waals surface area contributed by atoms with Gasteiger partial charge in [-0.3, -0.25) is 4.79 Å². The van der Waals surface area contributed by atoms with Crippen LogP contribution in [0.1, 0.15) is 36.0 Å². The number of rotatable bonds is 6. The van der Waals surface area contributed by atoms with Crippen LogP contribution in [0.25, 0.3) is 10.9 Å². The maximum Gasteiger partial charge on any atom is 0.282 e. The number of carbonyl (C=O) groups excluding carboxylic acids is 1. The highest BCUT2D eigenvalue weighted by atomic mass is 32.2. The van der Waals surface area contributed by atoms with Crippen molar-refractivity contribution in [1.82, 2.24) is 18.5 Å². The van der Waals surface area contributed by atoms with E-state index >= 15 is 0 Å². The Morgan fingerprint density at radius 2 is 1.93 bits per heavy atom. The maximum absolute atomic E-state index is 12.9. The summed E-state index contributed by atoms with van der Waals surface area (Å²) < 4.78 is 34.6. The topological polar surface area (TPSA) is 83.1 Å². The molecule has 0 radical (unpaired) electrons. The Kier molecular flexibility index (Phi) is 6.52. The quantitative estimate of drug-likeness (QED) is 0.713. The van der Waals surface area contributed by atoms with Gasteiger partial charge >= 0.3 is 0 Å². The molecule has 158 valence electrons. The average Bonchev–Trinajstić information content (AvgIpc) is 2.73. The van der Waals surface area contributed by atoms with Crippen LogP contribution in [-0.2, 0) is 14.9 Å². The fourth-order valence-corrected chi connectivity index (χ4v) is 5.11. The molecular weight excluding hydrogens is 392 g/mol. The van der Waals surface area contributed by atoms with Crippen molar-refractivity contribution >= 4 is 27.0 Å². The van der Waals surface area contributed by atoms with Crippen molar-refractivity contribution in [2.75, 3.05) is 46.9 Å². The molecule has 0 aliphatic carbocycles.